The lowest BCUT2D eigenvalue weighted by molar-refractivity contribution is -0.169. The fourth-order valence-electron chi connectivity index (χ4n) is 5.14. The van der Waals surface area contributed by atoms with E-state index in [0.717, 1.165) is 11.1 Å². The SMILES string of the molecule is Fc1cc(N2CCC3(CC2)OCCO3)c(F)cc1-c1ccc(OCc2ccccc2)nc1OCc1ccccc1. The van der Waals surface area contributed by atoms with Gasteiger partial charge >= 0.3 is 0 Å². The first-order valence-electron chi connectivity index (χ1n) is 13.5. The Kier molecular flexibility index (Phi) is 7.62. The molecule has 1 aromatic heterocycles. The summed E-state index contributed by atoms with van der Waals surface area (Å²) < 4.78 is 54.6. The van der Waals surface area contributed by atoms with Crippen LogP contribution in [0.25, 0.3) is 11.1 Å². The molecule has 0 atom stereocenters. The molecule has 0 radical (unpaired) electrons. The van der Waals surface area contributed by atoms with E-state index in [1.165, 1.54) is 12.1 Å². The minimum absolute atomic E-state index is 0.0716. The molecule has 3 aromatic carbocycles. The molecule has 6 nitrogen and oxygen atoms in total. The van der Waals surface area contributed by atoms with Gasteiger partial charge in [0.05, 0.1) is 18.9 Å². The van der Waals surface area contributed by atoms with Crippen molar-refractivity contribution in [1.29, 1.82) is 0 Å². The molecule has 0 saturated carbocycles. The topological polar surface area (TPSA) is 53.1 Å². The van der Waals surface area contributed by atoms with Crippen molar-refractivity contribution >= 4 is 5.69 Å². The van der Waals surface area contributed by atoms with Crippen LogP contribution in [0.2, 0.25) is 0 Å². The standard InChI is InChI=1S/C32H30F2N2O4/c33-27-20-29(36-15-13-32(14-16-36)39-17-18-40-32)28(34)19-26(27)25-11-12-30(37-21-23-7-3-1-4-8-23)35-31(25)38-22-24-9-5-2-6-10-24/h1-12,19-20H,13-18,21-22H2. The molecular formula is C32H30F2N2O4. The van der Waals surface area contributed by atoms with Gasteiger partial charge in [-0.25, -0.2) is 8.78 Å². The lowest BCUT2D eigenvalue weighted by Gasteiger charge is -2.38. The van der Waals surface area contributed by atoms with Gasteiger partial charge in [-0.1, -0.05) is 60.7 Å². The summed E-state index contributed by atoms with van der Waals surface area (Å²) in [6, 6.07) is 25.1. The lowest BCUT2D eigenvalue weighted by atomic mass is 10.0. The second-order valence-electron chi connectivity index (χ2n) is 9.93. The summed E-state index contributed by atoms with van der Waals surface area (Å²) >= 11 is 0. The minimum Gasteiger partial charge on any atom is -0.473 e. The van der Waals surface area contributed by atoms with Crippen molar-refractivity contribution in [1.82, 2.24) is 4.98 Å². The number of hydrogen-bond acceptors (Lipinski definition) is 6. The molecule has 0 amide bonds. The summed E-state index contributed by atoms with van der Waals surface area (Å²) in [4.78, 5) is 6.37. The van der Waals surface area contributed by atoms with Crippen molar-refractivity contribution in [3.8, 4) is 22.9 Å². The van der Waals surface area contributed by atoms with Gasteiger partial charge in [0.15, 0.2) is 5.79 Å². The molecule has 0 bridgehead atoms. The van der Waals surface area contributed by atoms with Crippen molar-refractivity contribution in [2.45, 2.75) is 31.8 Å². The molecule has 4 aromatic rings. The van der Waals surface area contributed by atoms with Crippen LogP contribution in [0.1, 0.15) is 24.0 Å². The molecule has 2 aliphatic heterocycles. The second-order valence-corrected chi connectivity index (χ2v) is 9.93. The highest BCUT2D eigenvalue weighted by atomic mass is 19.1. The van der Waals surface area contributed by atoms with Gasteiger partial charge in [-0.15, -0.1) is 0 Å². The van der Waals surface area contributed by atoms with Gasteiger partial charge in [0.1, 0.15) is 24.8 Å². The predicted octanol–water partition coefficient (Wildman–Crippen LogP) is 6.53. The fraction of sp³-hybridized carbons (Fsp3) is 0.281. The number of benzene rings is 3. The zero-order valence-electron chi connectivity index (χ0n) is 22.0. The Labute approximate surface area is 232 Å². The maximum Gasteiger partial charge on any atom is 0.225 e. The highest BCUT2D eigenvalue weighted by Gasteiger charge is 2.40. The molecule has 1 spiro atoms. The van der Waals surface area contributed by atoms with E-state index in [2.05, 4.69) is 4.98 Å². The number of piperidine rings is 1. The van der Waals surface area contributed by atoms with Crippen LogP contribution < -0.4 is 14.4 Å². The van der Waals surface area contributed by atoms with Crippen LogP contribution in [0.15, 0.2) is 84.9 Å². The number of hydrogen-bond donors (Lipinski definition) is 0. The van der Waals surface area contributed by atoms with Gasteiger partial charge in [-0.05, 0) is 23.3 Å². The molecule has 6 rings (SSSR count). The van der Waals surface area contributed by atoms with Crippen molar-refractivity contribution < 1.29 is 27.7 Å². The first-order chi connectivity index (χ1) is 19.6. The highest BCUT2D eigenvalue weighted by molar-refractivity contribution is 5.72. The summed E-state index contributed by atoms with van der Waals surface area (Å²) in [5.41, 5.74) is 2.54. The van der Waals surface area contributed by atoms with E-state index in [1.54, 1.807) is 12.1 Å². The van der Waals surface area contributed by atoms with E-state index in [4.69, 9.17) is 18.9 Å². The number of pyridine rings is 1. The van der Waals surface area contributed by atoms with Gasteiger partial charge in [0.25, 0.3) is 0 Å². The van der Waals surface area contributed by atoms with Crippen LogP contribution in [-0.2, 0) is 22.7 Å². The normalized spacial score (nSPS) is 16.3. The highest BCUT2D eigenvalue weighted by Crippen LogP contribution is 2.38. The van der Waals surface area contributed by atoms with Crippen molar-refractivity contribution in [3.63, 3.8) is 0 Å². The van der Waals surface area contributed by atoms with E-state index in [0.29, 0.717) is 57.2 Å². The molecule has 3 heterocycles. The Morgan fingerprint density at radius 2 is 1.35 bits per heavy atom. The molecule has 0 N–H and O–H groups in total. The summed E-state index contributed by atoms with van der Waals surface area (Å²) in [5.74, 6) is -1.18. The van der Waals surface area contributed by atoms with E-state index in [1.807, 2.05) is 65.6 Å². The number of rotatable bonds is 8. The third-order valence-corrected chi connectivity index (χ3v) is 7.29. The average molecular weight is 545 g/mol. The summed E-state index contributed by atoms with van der Waals surface area (Å²) in [7, 11) is 0. The number of nitrogens with zero attached hydrogens (tertiary/aromatic N) is 2. The van der Waals surface area contributed by atoms with Crippen LogP contribution in [0.5, 0.6) is 11.8 Å². The Bertz CT molecular complexity index is 1440. The average Bonchev–Trinajstić information content (AvgIpc) is 3.45. The maximum atomic E-state index is 15.6. The smallest absolute Gasteiger partial charge is 0.225 e. The number of aromatic nitrogens is 1. The van der Waals surface area contributed by atoms with Gasteiger partial charge < -0.3 is 23.8 Å². The predicted molar refractivity (Wildman–Crippen MR) is 147 cm³/mol. The largest absolute Gasteiger partial charge is 0.473 e. The maximum absolute atomic E-state index is 15.6. The van der Waals surface area contributed by atoms with E-state index >= 15 is 8.78 Å². The Morgan fingerprint density at radius 3 is 2.00 bits per heavy atom. The lowest BCUT2D eigenvalue weighted by Crippen LogP contribution is -2.45. The summed E-state index contributed by atoms with van der Waals surface area (Å²) in [6.45, 7) is 2.68. The molecule has 0 unspecified atom stereocenters. The van der Waals surface area contributed by atoms with Crippen LogP contribution in [0, 0.1) is 11.6 Å². The Hall–Kier alpha value is -4.01. The van der Waals surface area contributed by atoms with E-state index in [-0.39, 0.29) is 23.7 Å². The number of halogens is 2. The Balaban J connectivity index is 1.26. The van der Waals surface area contributed by atoms with Crippen LogP contribution in [0.3, 0.4) is 0 Å². The fourth-order valence-corrected chi connectivity index (χ4v) is 5.14. The zero-order chi connectivity index (χ0) is 27.4. The van der Waals surface area contributed by atoms with Crippen molar-refractivity contribution in [3.05, 3.63) is 108 Å². The Morgan fingerprint density at radius 1 is 0.725 bits per heavy atom. The second kappa shape index (κ2) is 11.6. The zero-order valence-corrected chi connectivity index (χ0v) is 22.0. The monoisotopic (exact) mass is 544 g/mol. The van der Waals surface area contributed by atoms with Crippen molar-refractivity contribution in [2.75, 3.05) is 31.2 Å². The van der Waals surface area contributed by atoms with Crippen LogP contribution in [0.4, 0.5) is 14.5 Å². The van der Waals surface area contributed by atoms with Gasteiger partial charge in [0.2, 0.25) is 11.8 Å². The molecule has 0 aliphatic carbocycles. The molecule has 2 saturated heterocycles. The summed E-state index contributed by atoms with van der Waals surface area (Å²) in [6.07, 6.45) is 1.20. The molecular weight excluding hydrogens is 514 g/mol. The van der Waals surface area contributed by atoms with E-state index in [9.17, 15) is 0 Å². The number of ether oxygens (including phenoxy) is 4. The quantitative estimate of drug-likeness (QED) is 0.252. The molecule has 8 heteroatoms. The first-order valence-corrected chi connectivity index (χ1v) is 13.5. The first kappa shape index (κ1) is 26.2. The van der Waals surface area contributed by atoms with Gasteiger partial charge in [0, 0.05) is 49.2 Å². The number of anilines is 1. The van der Waals surface area contributed by atoms with Crippen LogP contribution >= 0.6 is 0 Å². The molecule has 2 fully saturated rings. The summed E-state index contributed by atoms with van der Waals surface area (Å²) in [5, 5.41) is 0. The van der Waals surface area contributed by atoms with E-state index < -0.39 is 17.4 Å². The third-order valence-electron chi connectivity index (χ3n) is 7.29. The van der Waals surface area contributed by atoms with Crippen LogP contribution in [-0.4, -0.2) is 37.1 Å². The molecule has 206 valence electrons. The molecule has 2 aliphatic rings. The molecule has 40 heavy (non-hydrogen) atoms. The van der Waals surface area contributed by atoms with Gasteiger partial charge in [-0.3, -0.25) is 0 Å². The van der Waals surface area contributed by atoms with Crippen molar-refractivity contribution in [2.24, 2.45) is 0 Å². The minimum atomic E-state index is -0.591. The third kappa shape index (κ3) is 5.78. The van der Waals surface area contributed by atoms with Gasteiger partial charge in [-0.2, -0.15) is 4.98 Å².